The van der Waals surface area contributed by atoms with Crippen LogP contribution in [-0.4, -0.2) is 71.8 Å². The number of carbonyl (C=O) groups excluding carboxylic acids is 5. The van der Waals surface area contributed by atoms with Crippen molar-refractivity contribution in [3.05, 3.63) is 48.0 Å². The summed E-state index contributed by atoms with van der Waals surface area (Å²) in [4.78, 5) is 69.2. The molecule has 4 amide bonds. The minimum Gasteiger partial charge on any atom is -0.446 e. The first-order valence-electron chi connectivity index (χ1n) is 17.0. The van der Waals surface area contributed by atoms with Gasteiger partial charge < -0.3 is 25.6 Å². The van der Waals surface area contributed by atoms with E-state index in [9.17, 15) is 24.0 Å². The zero-order chi connectivity index (χ0) is 33.3. The molecule has 1 aromatic rings. The molecule has 4 aliphatic rings. The molecule has 3 N–H and O–H groups in total. The predicted molar refractivity (Wildman–Crippen MR) is 174 cm³/mol. The molecule has 250 valence electrons. The van der Waals surface area contributed by atoms with Crippen molar-refractivity contribution in [2.45, 2.75) is 103 Å². The van der Waals surface area contributed by atoms with Crippen LogP contribution < -0.4 is 16.0 Å². The van der Waals surface area contributed by atoms with E-state index in [1.54, 1.807) is 4.90 Å². The van der Waals surface area contributed by atoms with Crippen molar-refractivity contribution in [3.63, 3.8) is 0 Å². The summed E-state index contributed by atoms with van der Waals surface area (Å²) in [6, 6.07) is 5.36. The number of Topliss-reactive ketones (excluding diaryl/α,β-unsaturated/α-hetero) is 1. The van der Waals surface area contributed by atoms with Crippen LogP contribution in [0.1, 0.15) is 83.8 Å². The number of nitrogens with one attached hydrogen (secondary N) is 3. The van der Waals surface area contributed by atoms with Crippen molar-refractivity contribution in [1.29, 1.82) is 0 Å². The lowest BCUT2D eigenvalue weighted by Gasteiger charge is -2.36. The van der Waals surface area contributed by atoms with Gasteiger partial charge in [0, 0.05) is 13.1 Å². The largest absolute Gasteiger partial charge is 0.446 e. The van der Waals surface area contributed by atoms with E-state index in [2.05, 4.69) is 62.4 Å². The summed E-state index contributed by atoms with van der Waals surface area (Å²) in [5.41, 5.74) is 2.13. The van der Waals surface area contributed by atoms with Crippen molar-refractivity contribution in [2.75, 3.05) is 13.1 Å². The van der Waals surface area contributed by atoms with E-state index in [4.69, 9.17) is 4.74 Å². The van der Waals surface area contributed by atoms with Crippen LogP contribution in [0.2, 0.25) is 0 Å². The van der Waals surface area contributed by atoms with E-state index in [0.29, 0.717) is 19.4 Å². The summed E-state index contributed by atoms with van der Waals surface area (Å²) in [5, 5.41) is 8.31. The molecule has 9 unspecified atom stereocenters. The Labute approximate surface area is 272 Å². The van der Waals surface area contributed by atoms with Crippen molar-refractivity contribution in [3.8, 4) is 0 Å². The van der Waals surface area contributed by atoms with Gasteiger partial charge in [0.15, 0.2) is 0 Å². The highest BCUT2D eigenvalue weighted by Crippen LogP contribution is 2.65. The Kier molecular flexibility index (Phi) is 9.94. The predicted octanol–water partition coefficient (Wildman–Crippen LogP) is 3.89. The van der Waals surface area contributed by atoms with Gasteiger partial charge in [0.25, 0.3) is 5.91 Å². The second-order valence-corrected chi connectivity index (χ2v) is 14.4. The molecule has 3 fully saturated rings. The number of ether oxygens (including phenoxy) is 1. The summed E-state index contributed by atoms with van der Waals surface area (Å²) in [6.07, 6.45) is 4.95. The second kappa shape index (κ2) is 13.6. The smallest absolute Gasteiger partial charge is 0.408 e. The lowest BCUT2D eigenvalue weighted by Crippen LogP contribution is -2.60. The van der Waals surface area contributed by atoms with Crippen molar-refractivity contribution < 1.29 is 28.7 Å². The standard InChI is InChI=1S/C36H50N4O6/c1-7-12-26(31(41)33(43)37-17-8-2)38-32(42)30-28-25(36(28,5)6)19-40(30)34(44)29(39-35(45)46-27-16-11-13-20(27)3)24-18-22-14-9-10-15-23(22)21(24)4/h8-10,14-15,20-21,24-30H,2,7,11-13,16-19H2,1,3-6H3,(H,37,43)(H,38,42)(H,39,45). The van der Waals surface area contributed by atoms with Crippen LogP contribution in [0.4, 0.5) is 4.79 Å². The lowest BCUT2D eigenvalue weighted by molar-refractivity contribution is -0.144. The molecule has 1 aliphatic heterocycles. The third-order valence-corrected chi connectivity index (χ3v) is 11.3. The van der Waals surface area contributed by atoms with Gasteiger partial charge in [-0.15, -0.1) is 6.58 Å². The van der Waals surface area contributed by atoms with Gasteiger partial charge in [-0.05, 0) is 78.2 Å². The number of alkyl carbamates (subject to hydrolysis) is 1. The van der Waals surface area contributed by atoms with Gasteiger partial charge in [0.2, 0.25) is 17.6 Å². The zero-order valence-electron chi connectivity index (χ0n) is 27.8. The molecule has 2 saturated carbocycles. The van der Waals surface area contributed by atoms with Gasteiger partial charge in [-0.1, -0.05) is 71.4 Å². The first-order chi connectivity index (χ1) is 21.9. The van der Waals surface area contributed by atoms with Gasteiger partial charge in [-0.25, -0.2) is 4.79 Å². The molecule has 0 aromatic heterocycles. The molecule has 1 aromatic carbocycles. The first-order valence-corrected chi connectivity index (χ1v) is 17.0. The number of amides is 4. The van der Waals surface area contributed by atoms with Gasteiger partial charge in [-0.2, -0.15) is 0 Å². The Bertz CT molecular complexity index is 1380. The number of likely N-dealkylation sites (tertiary alicyclic amines) is 1. The summed E-state index contributed by atoms with van der Waals surface area (Å²) in [7, 11) is 0. The van der Waals surface area contributed by atoms with Crippen molar-refractivity contribution in [2.24, 2.45) is 29.1 Å². The van der Waals surface area contributed by atoms with E-state index in [-0.39, 0.29) is 60.0 Å². The number of nitrogens with zero attached hydrogens (tertiary/aromatic N) is 1. The fraction of sp³-hybridized carbons (Fsp3) is 0.639. The minimum atomic E-state index is -1.01. The van der Waals surface area contributed by atoms with Crippen LogP contribution >= 0.6 is 0 Å². The lowest BCUT2D eigenvalue weighted by atomic mass is 9.86. The normalized spacial score (nSPS) is 29.9. The quantitative estimate of drug-likeness (QED) is 0.236. The van der Waals surface area contributed by atoms with Crippen LogP contribution in [-0.2, 0) is 30.3 Å². The molecule has 46 heavy (non-hydrogen) atoms. The zero-order valence-corrected chi connectivity index (χ0v) is 27.8. The van der Waals surface area contributed by atoms with E-state index in [0.717, 1.165) is 30.4 Å². The second-order valence-electron chi connectivity index (χ2n) is 14.4. The monoisotopic (exact) mass is 634 g/mol. The van der Waals surface area contributed by atoms with E-state index < -0.39 is 41.8 Å². The summed E-state index contributed by atoms with van der Waals surface area (Å²) in [6.45, 7) is 14.3. The molecule has 10 heteroatoms. The molecule has 5 rings (SSSR count). The maximum Gasteiger partial charge on any atom is 0.408 e. The average molecular weight is 635 g/mol. The maximum absolute atomic E-state index is 14.7. The molecular formula is C36H50N4O6. The molecular weight excluding hydrogens is 584 g/mol. The molecule has 0 radical (unpaired) electrons. The van der Waals surface area contributed by atoms with Crippen molar-refractivity contribution in [1.82, 2.24) is 20.9 Å². The van der Waals surface area contributed by atoms with Crippen LogP contribution in [0.5, 0.6) is 0 Å². The molecule has 0 spiro atoms. The highest BCUT2D eigenvalue weighted by Gasteiger charge is 2.70. The third kappa shape index (κ3) is 6.45. The SMILES string of the molecule is C=CCNC(=O)C(=O)C(CCC)NC(=O)C1C2C(CN1C(=O)C(NC(=O)OC1CCCC1C)C1Cc3ccccc3C1C)C2(C)C. The molecule has 1 heterocycles. The summed E-state index contributed by atoms with van der Waals surface area (Å²) >= 11 is 0. The fourth-order valence-corrected chi connectivity index (χ4v) is 8.39. The Hall–Kier alpha value is -3.69. The first kappa shape index (κ1) is 33.7. The Morgan fingerprint density at radius 1 is 1.11 bits per heavy atom. The fourth-order valence-electron chi connectivity index (χ4n) is 8.39. The maximum atomic E-state index is 14.7. The number of hydrogen-bond acceptors (Lipinski definition) is 6. The third-order valence-electron chi connectivity index (χ3n) is 11.3. The van der Waals surface area contributed by atoms with E-state index in [1.807, 2.05) is 19.1 Å². The number of benzene rings is 1. The highest BCUT2D eigenvalue weighted by atomic mass is 16.6. The van der Waals surface area contributed by atoms with Gasteiger partial charge >= 0.3 is 6.09 Å². The number of hydrogen-bond donors (Lipinski definition) is 3. The van der Waals surface area contributed by atoms with Gasteiger partial charge in [0.1, 0.15) is 18.2 Å². The van der Waals surface area contributed by atoms with Gasteiger partial charge in [-0.3, -0.25) is 19.2 Å². The highest BCUT2D eigenvalue weighted by molar-refractivity contribution is 6.38. The molecule has 1 saturated heterocycles. The van der Waals surface area contributed by atoms with E-state index >= 15 is 0 Å². The number of rotatable bonds is 12. The molecule has 9 atom stereocenters. The average Bonchev–Trinajstić information content (AvgIpc) is 3.48. The molecule has 0 bridgehead atoms. The number of ketones is 1. The van der Waals surface area contributed by atoms with Crippen LogP contribution in [0.3, 0.4) is 0 Å². The number of carbonyl (C=O) groups is 5. The van der Waals surface area contributed by atoms with Crippen LogP contribution in [0.25, 0.3) is 0 Å². The topological polar surface area (TPSA) is 134 Å². The summed E-state index contributed by atoms with van der Waals surface area (Å²) < 4.78 is 5.85. The van der Waals surface area contributed by atoms with Crippen molar-refractivity contribution >= 4 is 29.6 Å². The number of fused-ring (bicyclic) bond motifs is 2. The Morgan fingerprint density at radius 2 is 1.85 bits per heavy atom. The molecule has 10 nitrogen and oxygen atoms in total. The minimum absolute atomic E-state index is 0.00246. The summed E-state index contributed by atoms with van der Waals surface area (Å²) in [5.74, 6) is -2.23. The van der Waals surface area contributed by atoms with Crippen LogP contribution in [0.15, 0.2) is 36.9 Å². The Morgan fingerprint density at radius 3 is 2.50 bits per heavy atom. The van der Waals surface area contributed by atoms with Gasteiger partial charge in [0.05, 0.1) is 6.04 Å². The Balaban J connectivity index is 1.40. The molecule has 3 aliphatic carbocycles. The van der Waals surface area contributed by atoms with E-state index in [1.165, 1.54) is 6.08 Å². The van der Waals surface area contributed by atoms with Crippen LogP contribution in [0, 0.1) is 29.1 Å². The number of piperidine rings is 1.